The maximum absolute atomic E-state index is 11.8. The third-order valence-electron chi connectivity index (χ3n) is 3.19. The highest BCUT2D eigenvalue weighted by Crippen LogP contribution is 2.41. The molecule has 0 saturated heterocycles. The molecular formula is C14H13IN2O3. The minimum absolute atomic E-state index is 0.181. The van der Waals surface area contributed by atoms with Gasteiger partial charge in [-0.1, -0.05) is 12.1 Å². The maximum Gasteiger partial charge on any atom is 0.268 e. The average Bonchev–Trinajstić information content (AvgIpc) is 2.68. The van der Waals surface area contributed by atoms with Gasteiger partial charge in [-0.25, -0.2) is 0 Å². The van der Waals surface area contributed by atoms with Crippen molar-refractivity contribution in [2.75, 3.05) is 0 Å². The SMILES string of the molecule is CC1(C)Cc2cccc(-c3nc(O)c(I)c(=O)[nH]3)c2O1. The van der Waals surface area contributed by atoms with Crippen LogP contribution in [0.2, 0.25) is 0 Å². The van der Waals surface area contributed by atoms with E-state index in [9.17, 15) is 9.90 Å². The van der Waals surface area contributed by atoms with E-state index in [1.165, 1.54) is 0 Å². The highest BCUT2D eigenvalue weighted by Gasteiger charge is 2.32. The Kier molecular flexibility index (Phi) is 3.00. The molecule has 2 N–H and O–H groups in total. The van der Waals surface area contributed by atoms with Gasteiger partial charge in [0.15, 0.2) is 0 Å². The summed E-state index contributed by atoms with van der Waals surface area (Å²) in [4.78, 5) is 18.5. The molecule has 0 radical (unpaired) electrons. The van der Waals surface area contributed by atoms with Crippen LogP contribution < -0.4 is 10.3 Å². The minimum Gasteiger partial charge on any atom is -0.492 e. The van der Waals surface area contributed by atoms with Crippen LogP contribution in [0.1, 0.15) is 19.4 Å². The summed E-state index contributed by atoms with van der Waals surface area (Å²) in [6.45, 7) is 4.02. The summed E-state index contributed by atoms with van der Waals surface area (Å²) >= 11 is 1.76. The molecule has 0 aliphatic carbocycles. The molecule has 0 spiro atoms. The number of rotatable bonds is 1. The number of aromatic nitrogens is 2. The quantitative estimate of drug-likeness (QED) is 0.741. The van der Waals surface area contributed by atoms with E-state index in [1.807, 2.05) is 32.0 Å². The molecule has 3 rings (SSSR count). The number of nitrogens with zero attached hydrogens (tertiary/aromatic N) is 1. The molecule has 2 aromatic rings. The van der Waals surface area contributed by atoms with E-state index < -0.39 is 0 Å². The minimum atomic E-state index is -0.358. The van der Waals surface area contributed by atoms with Gasteiger partial charge in [0.1, 0.15) is 20.7 Å². The molecule has 0 atom stereocenters. The molecule has 1 aliphatic rings. The lowest BCUT2D eigenvalue weighted by Gasteiger charge is -2.18. The first-order valence-electron chi connectivity index (χ1n) is 6.17. The smallest absolute Gasteiger partial charge is 0.268 e. The third kappa shape index (κ3) is 2.17. The zero-order chi connectivity index (χ0) is 14.5. The monoisotopic (exact) mass is 384 g/mol. The number of aromatic amines is 1. The number of para-hydroxylation sites is 1. The van der Waals surface area contributed by atoms with E-state index in [-0.39, 0.29) is 20.6 Å². The third-order valence-corrected chi connectivity index (χ3v) is 4.16. The number of ether oxygens (including phenoxy) is 1. The van der Waals surface area contributed by atoms with Gasteiger partial charge in [-0.05, 0) is 48.1 Å². The molecule has 1 aromatic heterocycles. The Morgan fingerprint density at radius 1 is 1.45 bits per heavy atom. The standard InChI is InChI=1S/C14H13IN2O3/c1-14(2)6-7-4-3-5-8(10(7)20-14)11-16-12(18)9(15)13(19)17-11/h3-5H,6H2,1-2H3,(H2,16,17,18,19). The molecule has 0 amide bonds. The van der Waals surface area contributed by atoms with Gasteiger partial charge in [-0.2, -0.15) is 4.98 Å². The van der Waals surface area contributed by atoms with Gasteiger partial charge in [0.05, 0.1) is 5.56 Å². The first-order chi connectivity index (χ1) is 9.37. The Bertz CT molecular complexity index is 753. The van der Waals surface area contributed by atoms with Crippen LogP contribution in [0.3, 0.4) is 0 Å². The normalized spacial score (nSPS) is 15.8. The molecule has 0 saturated carbocycles. The number of nitrogens with one attached hydrogen (secondary N) is 1. The molecule has 0 fully saturated rings. The Balaban J connectivity index is 2.19. The lowest BCUT2D eigenvalue weighted by atomic mass is 10.0. The Hall–Kier alpha value is -1.57. The van der Waals surface area contributed by atoms with Crippen LogP contribution in [0.5, 0.6) is 11.6 Å². The lowest BCUT2D eigenvalue weighted by Crippen LogP contribution is -2.24. The number of hydrogen-bond acceptors (Lipinski definition) is 4. The molecule has 0 bridgehead atoms. The zero-order valence-corrected chi connectivity index (χ0v) is 13.2. The van der Waals surface area contributed by atoms with Crippen LogP contribution in [-0.4, -0.2) is 20.7 Å². The fourth-order valence-corrected chi connectivity index (χ4v) is 2.63. The highest BCUT2D eigenvalue weighted by molar-refractivity contribution is 14.1. The molecule has 2 heterocycles. The summed E-state index contributed by atoms with van der Waals surface area (Å²) in [5, 5.41) is 9.71. The van der Waals surface area contributed by atoms with E-state index in [0.717, 1.165) is 17.7 Å². The summed E-state index contributed by atoms with van der Waals surface area (Å²) in [5.41, 5.74) is 1.14. The Morgan fingerprint density at radius 2 is 2.20 bits per heavy atom. The first kappa shape index (κ1) is 13.4. The predicted octanol–water partition coefficient (Wildman–Crippen LogP) is 2.46. The highest BCUT2D eigenvalue weighted by atomic mass is 127. The van der Waals surface area contributed by atoms with Crippen LogP contribution in [0.15, 0.2) is 23.0 Å². The molecule has 6 heteroatoms. The van der Waals surface area contributed by atoms with E-state index in [4.69, 9.17) is 4.74 Å². The summed E-state index contributed by atoms with van der Waals surface area (Å²) in [7, 11) is 0. The maximum atomic E-state index is 11.8. The van der Waals surface area contributed by atoms with Crippen LogP contribution in [0.25, 0.3) is 11.4 Å². The van der Waals surface area contributed by atoms with Gasteiger partial charge in [-0.15, -0.1) is 0 Å². The molecule has 1 aliphatic heterocycles. The number of benzene rings is 1. The van der Waals surface area contributed by atoms with Crippen molar-refractivity contribution in [1.29, 1.82) is 0 Å². The van der Waals surface area contributed by atoms with Crippen molar-refractivity contribution >= 4 is 22.6 Å². The summed E-state index contributed by atoms with van der Waals surface area (Å²) < 4.78 is 6.12. The molecular weight excluding hydrogens is 371 g/mol. The van der Waals surface area contributed by atoms with Crippen molar-refractivity contribution in [2.45, 2.75) is 25.9 Å². The van der Waals surface area contributed by atoms with Crippen LogP contribution in [-0.2, 0) is 6.42 Å². The molecule has 0 unspecified atom stereocenters. The zero-order valence-electron chi connectivity index (χ0n) is 11.0. The van der Waals surface area contributed by atoms with Gasteiger partial charge < -0.3 is 14.8 Å². The Morgan fingerprint density at radius 3 is 2.90 bits per heavy atom. The molecule has 5 nitrogen and oxygen atoms in total. The number of H-pyrrole nitrogens is 1. The van der Waals surface area contributed by atoms with Crippen molar-refractivity contribution in [3.05, 3.63) is 37.7 Å². The fourth-order valence-electron chi connectivity index (χ4n) is 2.38. The Labute approximate surface area is 129 Å². The van der Waals surface area contributed by atoms with E-state index in [1.54, 1.807) is 22.6 Å². The van der Waals surface area contributed by atoms with Crippen molar-refractivity contribution in [1.82, 2.24) is 9.97 Å². The summed E-state index contributed by atoms with van der Waals surface area (Å²) in [6.07, 6.45) is 0.802. The average molecular weight is 384 g/mol. The fraction of sp³-hybridized carbons (Fsp3) is 0.286. The van der Waals surface area contributed by atoms with Gasteiger partial charge >= 0.3 is 0 Å². The number of hydrogen-bond donors (Lipinski definition) is 2. The number of aromatic hydroxyl groups is 1. The van der Waals surface area contributed by atoms with E-state index >= 15 is 0 Å². The van der Waals surface area contributed by atoms with Crippen molar-refractivity contribution in [2.24, 2.45) is 0 Å². The lowest BCUT2D eigenvalue weighted by molar-refractivity contribution is 0.139. The first-order valence-corrected chi connectivity index (χ1v) is 7.25. The van der Waals surface area contributed by atoms with Gasteiger partial charge in [0.25, 0.3) is 5.56 Å². The second-order valence-electron chi connectivity index (χ2n) is 5.38. The van der Waals surface area contributed by atoms with E-state index in [2.05, 4.69) is 9.97 Å². The van der Waals surface area contributed by atoms with Crippen LogP contribution in [0, 0.1) is 3.57 Å². The number of fused-ring (bicyclic) bond motifs is 1. The largest absolute Gasteiger partial charge is 0.492 e. The number of halogens is 1. The topological polar surface area (TPSA) is 75.2 Å². The van der Waals surface area contributed by atoms with Crippen LogP contribution >= 0.6 is 22.6 Å². The second kappa shape index (κ2) is 4.47. The van der Waals surface area contributed by atoms with Crippen molar-refractivity contribution in [3.63, 3.8) is 0 Å². The van der Waals surface area contributed by atoms with Crippen molar-refractivity contribution < 1.29 is 9.84 Å². The second-order valence-corrected chi connectivity index (χ2v) is 6.46. The molecule has 104 valence electrons. The van der Waals surface area contributed by atoms with Gasteiger partial charge in [0, 0.05) is 6.42 Å². The molecule has 20 heavy (non-hydrogen) atoms. The van der Waals surface area contributed by atoms with E-state index in [0.29, 0.717) is 11.4 Å². The van der Waals surface area contributed by atoms with Gasteiger partial charge in [0.2, 0.25) is 5.88 Å². The van der Waals surface area contributed by atoms with Gasteiger partial charge in [-0.3, -0.25) is 4.79 Å². The van der Waals surface area contributed by atoms with Crippen molar-refractivity contribution in [3.8, 4) is 23.0 Å². The predicted molar refractivity (Wildman–Crippen MR) is 83.1 cm³/mol. The molecule has 1 aromatic carbocycles. The van der Waals surface area contributed by atoms with Crippen LogP contribution in [0.4, 0.5) is 0 Å². The summed E-state index contributed by atoms with van der Waals surface area (Å²) in [6, 6.07) is 5.72. The summed E-state index contributed by atoms with van der Waals surface area (Å²) in [5.74, 6) is 0.780.